The van der Waals surface area contributed by atoms with Gasteiger partial charge in [0.2, 0.25) is 5.91 Å². The molecule has 1 amide bonds. The van der Waals surface area contributed by atoms with Crippen LogP contribution in [0.25, 0.3) is 16.3 Å². The molecule has 2 N–H and O–H groups in total. The smallest absolute Gasteiger partial charge is 0.228 e. The average Bonchev–Trinajstić information content (AvgIpc) is 2.73. The maximum Gasteiger partial charge on any atom is 0.228 e. The molecule has 1 aromatic carbocycles. The summed E-state index contributed by atoms with van der Waals surface area (Å²) in [7, 11) is 2.08. The van der Waals surface area contributed by atoms with Crippen molar-refractivity contribution in [3.8, 4) is 0 Å². The third-order valence-electron chi connectivity index (χ3n) is 5.36. The molecule has 2 aromatic rings. The summed E-state index contributed by atoms with van der Waals surface area (Å²) in [6.07, 6.45) is 6.97. The number of aliphatic hydroxyl groups excluding tert-OH is 1. The van der Waals surface area contributed by atoms with E-state index in [1.807, 2.05) is 31.2 Å². The molecule has 1 saturated heterocycles. The fourth-order valence-electron chi connectivity index (χ4n) is 3.56. The van der Waals surface area contributed by atoms with Crippen molar-refractivity contribution in [2.24, 2.45) is 10.9 Å². The van der Waals surface area contributed by atoms with Crippen LogP contribution in [0.2, 0.25) is 0 Å². The van der Waals surface area contributed by atoms with Crippen molar-refractivity contribution < 1.29 is 9.90 Å². The predicted molar refractivity (Wildman–Crippen MR) is 119 cm³/mol. The molecule has 0 radical (unpaired) electrons. The molecule has 0 saturated carbocycles. The first-order valence-corrected chi connectivity index (χ1v) is 9.84. The van der Waals surface area contributed by atoms with E-state index in [1.165, 1.54) is 0 Å². The molecule has 0 bridgehead atoms. The van der Waals surface area contributed by atoms with Crippen LogP contribution in [0.15, 0.2) is 53.3 Å². The van der Waals surface area contributed by atoms with Gasteiger partial charge in [0.1, 0.15) is 5.82 Å². The second-order valence-electron chi connectivity index (χ2n) is 7.57. The van der Waals surface area contributed by atoms with Crippen molar-refractivity contribution in [1.29, 1.82) is 0 Å². The normalized spacial score (nSPS) is 16.8. The van der Waals surface area contributed by atoms with Crippen LogP contribution in [-0.4, -0.2) is 54.4 Å². The highest BCUT2D eigenvalue weighted by Crippen LogP contribution is 2.24. The van der Waals surface area contributed by atoms with E-state index < -0.39 is 0 Å². The molecule has 1 aliphatic rings. The zero-order valence-corrected chi connectivity index (χ0v) is 17.1. The molecule has 0 unspecified atom stereocenters. The number of allylic oxidation sites excluding steroid dienone is 1. The average molecular weight is 393 g/mol. The van der Waals surface area contributed by atoms with E-state index in [-0.39, 0.29) is 18.4 Å². The fraction of sp³-hybridized carbons (Fsp3) is 0.348. The number of benzene rings is 1. The number of carbonyl (C=O) groups is 1. The number of aliphatic imine (C=N–C) groups is 1. The van der Waals surface area contributed by atoms with Gasteiger partial charge in [0.15, 0.2) is 0 Å². The minimum absolute atomic E-state index is 0.0439. The topological polar surface area (TPSA) is 77.8 Å². The van der Waals surface area contributed by atoms with Crippen LogP contribution in [0, 0.1) is 5.92 Å². The quantitative estimate of drug-likeness (QED) is 0.583. The number of likely N-dealkylation sites (tertiary alicyclic amines) is 1. The molecule has 6 heteroatoms. The van der Waals surface area contributed by atoms with Crippen LogP contribution >= 0.6 is 0 Å². The lowest BCUT2D eigenvalue weighted by molar-refractivity contribution is -0.121. The van der Waals surface area contributed by atoms with Crippen LogP contribution < -0.4 is 5.32 Å². The lowest BCUT2D eigenvalue weighted by Gasteiger charge is -2.27. The molecule has 1 aromatic heterocycles. The van der Waals surface area contributed by atoms with Gasteiger partial charge in [-0.1, -0.05) is 18.2 Å². The molecule has 2 heterocycles. The van der Waals surface area contributed by atoms with E-state index in [1.54, 1.807) is 12.4 Å². The summed E-state index contributed by atoms with van der Waals surface area (Å²) in [5, 5.41) is 14.4. The monoisotopic (exact) mass is 392 g/mol. The van der Waals surface area contributed by atoms with Gasteiger partial charge in [-0.15, -0.1) is 0 Å². The first kappa shape index (κ1) is 20.9. The van der Waals surface area contributed by atoms with Gasteiger partial charge < -0.3 is 15.3 Å². The van der Waals surface area contributed by atoms with Crippen LogP contribution in [0.1, 0.15) is 25.3 Å². The summed E-state index contributed by atoms with van der Waals surface area (Å²) >= 11 is 0. The van der Waals surface area contributed by atoms with Crippen LogP contribution in [-0.2, 0) is 4.79 Å². The van der Waals surface area contributed by atoms with Crippen molar-refractivity contribution in [3.63, 3.8) is 0 Å². The number of nitrogens with one attached hydrogen (secondary N) is 1. The molecule has 6 nitrogen and oxygen atoms in total. The van der Waals surface area contributed by atoms with Crippen LogP contribution in [0.3, 0.4) is 0 Å². The Hall–Kier alpha value is -2.83. The number of hydrogen-bond acceptors (Lipinski definition) is 5. The number of carbonyl (C=O) groups excluding carboxylic acids is 1. The Kier molecular flexibility index (Phi) is 6.90. The Morgan fingerprint density at radius 2 is 2.10 bits per heavy atom. The number of amides is 1. The molecular formula is C23H28N4O2. The highest BCUT2D eigenvalue weighted by molar-refractivity contribution is 5.94. The lowest BCUT2D eigenvalue weighted by Crippen LogP contribution is -2.36. The van der Waals surface area contributed by atoms with Crippen molar-refractivity contribution in [2.45, 2.75) is 19.8 Å². The third kappa shape index (κ3) is 5.37. The Labute approximate surface area is 171 Å². The van der Waals surface area contributed by atoms with Gasteiger partial charge >= 0.3 is 0 Å². The summed E-state index contributed by atoms with van der Waals surface area (Å²) in [6.45, 7) is 7.21. The van der Waals surface area contributed by atoms with Gasteiger partial charge in [-0.2, -0.15) is 0 Å². The molecule has 0 spiro atoms. The number of aromatic nitrogens is 1. The number of pyridine rings is 1. The van der Waals surface area contributed by atoms with Gasteiger partial charge in [0.25, 0.3) is 0 Å². The van der Waals surface area contributed by atoms with Crippen molar-refractivity contribution in [1.82, 2.24) is 9.88 Å². The Morgan fingerprint density at radius 3 is 2.79 bits per heavy atom. The number of hydrogen-bond donors (Lipinski definition) is 2. The second kappa shape index (κ2) is 9.58. The lowest BCUT2D eigenvalue weighted by atomic mass is 9.96. The maximum atomic E-state index is 12.6. The summed E-state index contributed by atoms with van der Waals surface area (Å²) in [5.74, 6) is 0.668. The molecule has 3 rings (SSSR count). The number of nitrogens with zero attached hydrogens (tertiary/aromatic N) is 3. The van der Waals surface area contributed by atoms with Gasteiger partial charge in [0, 0.05) is 23.7 Å². The van der Waals surface area contributed by atoms with Crippen LogP contribution in [0.5, 0.6) is 0 Å². The largest absolute Gasteiger partial charge is 0.392 e. The van der Waals surface area contributed by atoms with Gasteiger partial charge in [-0.25, -0.2) is 4.98 Å². The number of fused-ring (bicyclic) bond motifs is 1. The van der Waals surface area contributed by atoms with Gasteiger partial charge in [-0.3, -0.25) is 9.79 Å². The number of anilines is 1. The molecule has 0 aliphatic carbocycles. The van der Waals surface area contributed by atoms with E-state index in [2.05, 4.69) is 40.0 Å². The van der Waals surface area contributed by atoms with E-state index in [9.17, 15) is 9.90 Å². The minimum atomic E-state index is -0.0962. The molecule has 1 fully saturated rings. The highest BCUT2D eigenvalue weighted by Gasteiger charge is 2.23. The standard InChI is InChI=1S/C23H28N4O2/c1-16(10-17(15-28)13-24-2)19-4-5-20-14-25-22(12-21(20)11-19)26-23(29)18-6-8-27(3)9-7-18/h4-5,10-14,18,28H,2,6-9,15H2,1,3H3,(H,25,26,29)/b16-10+,17-13+. The first-order chi connectivity index (χ1) is 14.0. The SMILES string of the molecule is C=N/C=C(\C=C(/C)c1ccc2cnc(NC(=O)C3CCN(C)CC3)cc2c1)CO. The maximum absolute atomic E-state index is 12.6. The first-order valence-electron chi connectivity index (χ1n) is 9.84. The highest BCUT2D eigenvalue weighted by atomic mass is 16.3. The summed E-state index contributed by atoms with van der Waals surface area (Å²) in [5.41, 5.74) is 2.72. The zero-order chi connectivity index (χ0) is 20.8. The van der Waals surface area contributed by atoms with Crippen LogP contribution in [0.4, 0.5) is 5.82 Å². The third-order valence-corrected chi connectivity index (χ3v) is 5.36. The number of piperidine rings is 1. The molecule has 0 atom stereocenters. The van der Waals surface area contributed by atoms with E-state index in [0.717, 1.165) is 47.8 Å². The van der Waals surface area contributed by atoms with Crippen molar-refractivity contribution in [2.75, 3.05) is 32.1 Å². The van der Waals surface area contributed by atoms with E-state index in [4.69, 9.17) is 0 Å². The molecule has 1 aliphatic heterocycles. The Bertz CT molecular complexity index is 957. The molecule has 152 valence electrons. The summed E-state index contributed by atoms with van der Waals surface area (Å²) in [6, 6.07) is 7.99. The Morgan fingerprint density at radius 1 is 1.34 bits per heavy atom. The summed E-state index contributed by atoms with van der Waals surface area (Å²) in [4.78, 5) is 22.9. The van der Waals surface area contributed by atoms with Gasteiger partial charge in [0.05, 0.1) is 6.61 Å². The van der Waals surface area contributed by atoms with E-state index in [0.29, 0.717) is 11.4 Å². The number of rotatable bonds is 6. The summed E-state index contributed by atoms with van der Waals surface area (Å²) < 4.78 is 0. The van der Waals surface area contributed by atoms with E-state index >= 15 is 0 Å². The molecular weight excluding hydrogens is 364 g/mol. The Balaban J connectivity index is 1.80. The second-order valence-corrected chi connectivity index (χ2v) is 7.57. The van der Waals surface area contributed by atoms with Crippen molar-refractivity contribution in [3.05, 3.63) is 53.9 Å². The fourth-order valence-corrected chi connectivity index (χ4v) is 3.56. The molecule has 29 heavy (non-hydrogen) atoms. The number of aliphatic hydroxyl groups is 1. The predicted octanol–water partition coefficient (Wildman–Crippen LogP) is 3.50. The van der Waals surface area contributed by atoms with Crippen molar-refractivity contribution >= 4 is 34.8 Å². The minimum Gasteiger partial charge on any atom is -0.392 e. The zero-order valence-electron chi connectivity index (χ0n) is 17.1. The van der Waals surface area contributed by atoms with Gasteiger partial charge in [-0.05, 0) is 80.8 Å².